The van der Waals surface area contributed by atoms with Crippen LogP contribution in [-0.4, -0.2) is 29.0 Å². The first-order valence-electron chi connectivity index (χ1n) is 8.71. The number of nitrogens with zero attached hydrogens (tertiary/aromatic N) is 3. The molecule has 3 aromatic rings. The van der Waals surface area contributed by atoms with Crippen molar-refractivity contribution >= 4 is 28.3 Å². The van der Waals surface area contributed by atoms with Crippen LogP contribution in [0.3, 0.4) is 0 Å². The van der Waals surface area contributed by atoms with E-state index in [4.69, 9.17) is 0 Å². The lowest BCUT2D eigenvalue weighted by Gasteiger charge is -2.19. The Hall–Kier alpha value is -3.02. The molecule has 0 unspecified atom stereocenters. The lowest BCUT2D eigenvalue weighted by atomic mass is 10.2. The van der Waals surface area contributed by atoms with Crippen molar-refractivity contribution in [2.45, 2.75) is 19.8 Å². The van der Waals surface area contributed by atoms with Crippen LogP contribution in [-0.2, 0) is 0 Å². The number of hydrogen-bond acceptors (Lipinski definition) is 4. The molecule has 1 aliphatic rings. The van der Waals surface area contributed by atoms with E-state index in [0.717, 1.165) is 25.9 Å². The van der Waals surface area contributed by atoms with Gasteiger partial charge >= 0.3 is 0 Å². The molecule has 2 heterocycles. The van der Waals surface area contributed by atoms with E-state index in [1.54, 1.807) is 25.1 Å². The molecule has 5 nitrogen and oxygen atoms in total. The first kappa shape index (κ1) is 16.4. The van der Waals surface area contributed by atoms with E-state index in [1.165, 1.54) is 6.07 Å². The summed E-state index contributed by atoms with van der Waals surface area (Å²) in [5.41, 5.74) is 2.94. The molecule has 1 aromatic heterocycles. The number of benzene rings is 2. The van der Waals surface area contributed by atoms with E-state index >= 15 is 0 Å². The summed E-state index contributed by atoms with van der Waals surface area (Å²) in [6, 6.07) is 12.2. The molecule has 0 bridgehead atoms. The van der Waals surface area contributed by atoms with Gasteiger partial charge in [0.2, 0.25) is 0 Å². The number of nitrogens with one attached hydrogen (secondary N) is 1. The topological polar surface area (TPSA) is 58.1 Å². The maximum atomic E-state index is 14.5. The monoisotopic (exact) mass is 350 g/mol. The molecule has 4 rings (SSSR count). The summed E-state index contributed by atoms with van der Waals surface area (Å²) in [6.45, 7) is 3.45. The Labute approximate surface area is 150 Å². The van der Waals surface area contributed by atoms with Crippen LogP contribution < -0.4 is 10.2 Å². The van der Waals surface area contributed by atoms with Gasteiger partial charge in [-0.05, 0) is 38.0 Å². The first-order chi connectivity index (χ1) is 12.6. The minimum Gasteiger partial charge on any atom is -0.369 e. The van der Waals surface area contributed by atoms with Crippen molar-refractivity contribution in [2.24, 2.45) is 0 Å². The molecule has 0 radical (unpaired) electrons. The van der Waals surface area contributed by atoms with Crippen LogP contribution in [0.2, 0.25) is 0 Å². The molecule has 1 saturated heterocycles. The Bertz CT molecular complexity index is 968. The Morgan fingerprint density at radius 2 is 1.77 bits per heavy atom. The molecule has 1 fully saturated rings. The second kappa shape index (κ2) is 6.71. The number of aromatic nitrogens is 2. The normalized spacial score (nSPS) is 14.0. The second-order valence-electron chi connectivity index (χ2n) is 6.46. The molecule has 1 aliphatic heterocycles. The molecule has 2 aromatic carbocycles. The second-order valence-corrected chi connectivity index (χ2v) is 6.46. The Morgan fingerprint density at radius 3 is 2.50 bits per heavy atom. The predicted molar refractivity (Wildman–Crippen MR) is 100 cm³/mol. The molecule has 0 spiro atoms. The average Bonchev–Trinajstić information content (AvgIpc) is 3.16. The number of carbonyl (C=O) groups is 1. The molecular weight excluding hydrogens is 331 g/mol. The van der Waals surface area contributed by atoms with E-state index in [-0.39, 0.29) is 17.4 Å². The zero-order valence-corrected chi connectivity index (χ0v) is 14.5. The van der Waals surface area contributed by atoms with Crippen molar-refractivity contribution < 1.29 is 9.18 Å². The maximum Gasteiger partial charge on any atom is 0.276 e. The zero-order chi connectivity index (χ0) is 18.1. The molecule has 0 saturated carbocycles. The summed E-state index contributed by atoms with van der Waals surface area (Å²) in [6.07, 6.45) is 2.14. The van der Waals surface area contributed by atoms with Crippen molar-refractivity contribution in [3.8, 4) is 0 Å². The third-order valence-electron chi connectivity index (χ3n) is 4.60. The molecule has 0 atom stereocenters. The molecule has 0 aliphatic carbocycles. The highest BCUT2D eigenvalue weighted by Crippen LogP contribution is 2.27. The quantitative estimate of drug-likeness (QED) is 0.778. The number of halogens is 1. The fourth-order valence-electron chi connectivity index (χ4n) is 3.28. The van der Waals surface area contributed by atoms with E-state index in [0.29, 0.717) is 28.1 Å². The molecule has 1 N–H and O–H groups in total. The van der Waals surface area contributed by atoms with E-state index in [2.05, 4.69) is 15.3 Å². The number of para-hydroxylation sites is 1. The Kier molecular flexibility index (Phi) is 4.24. The van der Waals surface area contributed by atoms with Gasteiger partial charge in [-0.1, -0.05) is 18.2 Å². The lowest BCUT2D eigenvalue weighted by molar-refractivity contribution is 0.102. The van der Waals surface area contributed by atoms with Gasteiger partial charge in [-0.2, -0.15) is 0 Å². The summed E-state index contributed by atoms with van der Waals surface area (Å²) in [5.74, 6) is -0.681. The van der Waals surface area contributed by atoms with Crippen LogP contribution >= 0.6 is 0 Å². The van der Waals surface area contributed by atoms with Crippen LogP contribution in [0.5, 0.6) is 0 Å². The van der Waals surface area contributed by atoms with Crippen LogP contribution in [0, 0.1) is 12.7 Å². The first-order valence-corrected chi connectivity index (χ1v) is 8.71. The van der Waals surface area contributed by atoms with Gasteiger partial charge < -0.3 is 10.2 Å². The molecule has 132 valence electrons. The highest BCUT2D eigenvalue weighted by Gasteiger charge is 2.19. The largest absolute Gasteiger partial charge is 0.369 e. The van der Waals surface area contributed by atoms with Gasteiger partial charge in [0.15, 0.2) is 0 Å². The summed E-state index contributed by atoms with van der Waals surface area (Å²) < 4.78 is 14.5. The lowest BCUT2D eigenvalue weighted by Crippen LogP contribution is -2.19. The number of amides is 1. The van der Waals surface area contributed by atoms with Gasteiger partial charge in [0, 0.05) is 24.8 Å². The SMILES string of the molecule is Cc1nc2cc(N3CCCC3)c(F)cc2nc1C(=O)Nc1ccccc1. The van der Waals surface area contributed by atoms with Crippen LogP contribution in [0.15, 0.2) is 42.5 Å². The molecule has 1 amide bonds. The van der Waals surface area contributed by atoms with Crippen LogP contribution in [0.1, 0.15) is 29.0 Å². The number of anilines is 2. The summed E-state index contributed by atoms with van der Waals surface area (Å²) in [4.78, 5) is 23.4. The van der Waals surface area contributed by atoms with Gasteiger partial charge in [0.25, 0.3) is 5.91 Å². The molecule has 26 heavy (non-hydrogen) atoms. The summed E-state index contributed by atoms with van der Waals surface area (Å²) in [7, 11) is 0. The van der Waals surface area contributed by atoms with Gasteiger partial charge in [-0.15, -0.1) is 0 Å². The highest BCUT2D eigenvalue weighted by molar-refractivity contribution is 6.04. The van der Waals surface area contributed by atoms with E-state index in [1.807, 2.05) is 23.1 Å². The number of carbonyl (C=O) groups excluding carboxylic acids is 1. The predicted octanol–water partition coefficient (Wildman–Crippen LogP) is 3.93. The van der Waals surface area contributed by atoms with Crippen molar-refractivity contribution in [1.29, 1.82) is 0 Å². The van der Waals surface area contributed by atoms with Crippen molar-refractivity contribution in [3.05, 3.63) is 59.7 Å². The number of rotatable bonds is 3. The number of hydrogen-bond donors (Lipinski definition) is 1. The molecule has 6 heteroatoms. The fourth-order valence-corrected chi connectivity index (χ4v) is 3.28. The van der Waals surface area contributed by atoms with E-state index in [9.17, 15) is 9.18 Å². The minimum absolute atomic E-state index is 0.203. The zero-order valence-electron chi connectivity index (χ0n) is 14.5. The molecular formula is C20H19FN4O. The fraction of sp³-hybridized carbons (Fsp3) is 0.250. The Balaban J connectivity index is 1.69. The van der Waals surface area contributed by atoms with Crippen molar-refractivity contribution in [3.63, 3.8) is 0 Å². The third kappa shape index (κ3) is 3.10. The summed E-state index contributed by atoms with van der Waals surface area (Å²) in [5, 5.41) is 2.79. The number of fused-ring (bicyclic) bond motifs is 1. The van der Waals surface area contributed by atoms with Gasteiger partial charge in [0.05, 0.1) is 22.4 Å². The van der Waals surface area contributed by atoms with E-state index < -0.39 is 0 Å². The smallest absolute Gasteiger partial charge is 0.276 e. The van der Waals surface area contributed by atoms with Gasteiger partial charge in [0.1, 0.15) is 11.5 Å². The van der Waals surface area contributed by atoms with Crippen molar-refractivity contribution in [1.82, 2.24) is 9.97 Å². The Morgan fingerprint density at radius 1 is 1.08 bits per heavy atom. The average molecular weight is 350 g/mol. The van der Waals surface area contributed by atoms with Gasteiger partial charge in [-0.3, -0.25) is 4.79 Å². The van der Waals surface area contributed by atoms with Crippen LogP contribution in [0.4, 0.5) is 15.8 Å². The summed E-state index contributed by atoms with van der Waals surface area (Å²) >= 11 is 0. The highest BCUT2D eigenvalue weighted by atomic mass is 19.1. The maximum absolute atomic E-state index is 14.5. The van der Waals surface area contributed by atoms with Crippen LogP contribution in [0.25, 0.3) is 11.0 Å². The van der Waals surface area contributed by atoms with Crippen molar-refractivity contribution in [2.75, 3.05) is 23.3 Å². The third-order valence-corrected chi connectivity index (χ3v) is 4.60. The standard InChI is InChI=1S/C20H19FN4O/c1-13-19(20(26)23-14-7-3-2-4-8-14)24-16-11-15(21)18(12-17(16)22-13)25-9-5-6-10-25/h2-4,7-8,11-12H,5-6,9-10H2,1H3,(H,23,26). The number of aryl methyl sites for hydroxylation is 1. The van der Waals surface area contributed by atoms with Gasteiger partial charge in [-0.25, -0.2) is 14.4 Å². The minimum atomic E-state index is -0.355.